The average Bonchev–Trinajstić information content (AvgIpc) is 3.01. The Bertz CT molecular complexity index is 1210. The third-order valence-corrected chi connectivity index (χ3v) is 5.49. The van der Waals surface area contributed by atoms with Crippen molar-refractivity contribution < 1.29 is 34.1 Å². The summed E-state index contributed by atoms with van der Waals surface area (Å²) in [5.41, 5.74) is -1.11. The second-order valence-corrected chi connectivity index (χ2v) is 8.05. The van der Waals surface area contributed by atoms with Gasteiger partial charge in [0.15, 0.2) is 0 Å². The molecule has 0 atom stereocenters. The molecule has 2 aromatic carbocycles. The zero-order valence-corrected chi connectivity index (χ0v) is 17.8. The Kier molecular flexibility index (Phi) is 6.79. The van der Waals surface area contributed by atoms with Gasteiger partial charge in [0.05, 0.1) is 26.4 Å². The first-order chi connectivity index (χ1) is 15.5. The quantitative estimate of drug-likeness (QED) is 0.151. The fraction of sp³-hybridized carbons (Fsp3) is 0.0526. The average molecular weight is 489 g/mol. The van der Waals surface area contributed by atoms with Crippen LogP contribution in [0.2, 0.25) is 0 Å². The molecule has 1 aliphatic rings. The highest BCUT2D eigenvalue weighted by atomic mass is 32.2. The third kappa shape index (κ3) is 5.55. The lowest BCUT2D eigenvalue weighted by atomic mass is 10.1. The maximum Gasteiger partial charge on any atom is 0.344 e. The predicted octanol–water partition coefficient (Wildman–Crippen LogP) is 3.01. The lowest BCUT2D eigenvalue weighted by molar-refractivity contribution is -0.394. The zero-order valence-electron chi connectivity index (χ0n) is 16.2. The van der Waals surface area contributed by atoms with E-state index in [0.29, 0.717) is 5.56 Å². The standard InChI is InChI=1S/C19H11N3O9S2/c23-16(24)9-20-17(25)15(33-19(20)32)5-10-1-3-14(4-2-10)31-18(26)11-6-12(21(27)28)8-13(7-11)22(29)30/h1-8H,9H2,(H,23,24)/b15-5+. The molecule has 14 heteroatoms. The Labute approximate surface area is 193 Å². The van der Waals surface area contributed by atoms with Crippen LogP contribution in [-0.4, -0.2) is 48.6 Å². The maximum absolute atomic E-state index is 12.3. The van der Waals surface area contributed by atoms with Crippen molar-refractivity contribution in [3.63, 3.8) is 0 Å². The molecule has 1 amide bonds. The SMILES string of the molecule is O=C(O)CN1C(=O)/C(=C\c2ccc(OC(=O)c3cc([N+](=O)[O-])cc([N+](=O)[O-])c3)cc2)SC1=S. The van der Waals surface area contributed by atoms with Crippen LogP contribution in [0.15, 0.2) is 47.4 Å². The molecular weight excluding hydrogens is 478 g/mol. The number of rotatable bonds is 7. The van der Waals surface area contributed by atoms with Crippen molar-refractivity contribution in [3.8, 4) is 5.75 Å². The van der Waals surface area contributed by atoms with E-state index in [-0.39, 0.29) is 20.5 Å². The highest BCUT2D eigenvalue weighted by Crippen LogP contribution is 2.32. The van der Waals surface area contributed by atoms with Crippen molar-refractivity contribution in [1.29, 1.82) is 0 Å². The molecule has 2 aromatic rings. The van der Waals surface area contributed by atoms with E-state index in [0.717, 1.165) is 34.9 Å². The minimum atomic E-state index is -1.20. The second-order valence-electron chi connectivity index (χ2n) is 6.37. The van der Waals surface area contributed by atoms with Crippen LogP contribution in [0, 0.1) is 20.2 Å². The van der Waals surface area contributed by atoms with Crippen LogP contribution < -0.4 is 4.74 Å². The number of thiocarbonyl (C=S) groups is 1. The smallest absolute Gasteiger partial charge is 0.344 e. The zero-order chi connectivity index (χ0) is 24.3. The predicted molar refractivity (Wildman–Crippen MR) is 119 cm³/mol. The number of thioether (sulfide) groups is 1. The lowest BCUT2D eigenvalue weighted by Gasteiger charge is -2.10. The van der Waals surface area contributed by atoms with Crippen molar-refractivity contribution in [3.05, 3.63) is 78.7 Å². The number of non-ortho nitro benzene ring substituents is 2. The van der Waals surface area contributed by atoms with Crippen molar-refractivity contribution >= 4 is 63.6 Å². The van der Waals surface area contributed by atoms with Crippen LogP contribution in [0.4, 0.5) is 11.4 Å². The number of esters is 1. The van der Waals surface area contributed by atoms with Crippen LogP contribution >= 0.6 is 24.0 Å². The topological polar surface area (TPSA) is 170 Å². The third-order valence-electron chi connectivity index (χ3n) is 4.12. The first-order valence-corrected chi connectivity index (χ1v) is 10.0. The van der Waals surface area contributed by atoms with E-state index < -0.39 is 45.6 Å². The van der Waals surface area contributed by atoms with Gasteiger partial charge in [-0.05, 0) is 23.8 Å². The highest BCUT2D eigenvalue weighted by Gasteiger charge is 2.33. The van der Waals surface area contributed by atoms with Gasteiger partial charge < -0.3 is 9.84 Å². The minimum Gasteiger partial charge on any atom is -0.480 e. The Balaban J connectivity index is 1.76. The molecule has 3 rings (SSSR count). The Morgan fingerprint density at radius 3 is 2.18 bits per heavy atom. The molecule has 168 valence electrons. The summed E-state index contributed by atoms with van der Waals surface area (Å²) in [5.74, 6) is -2.74. The van der Waals surface area contributed by atoms with Gasteiger partial charge in [-0.15, -0.1) is 0 Å². The van der Waals surface area contributed by atoms with Crippen LogP contribution in [-0.2, 0) is 9.59 Å². The second kappa shape index (κ2) is 9.54. The Morgan fingerprint density at radius 2 is 1.67 bits per heavy atom. The number of aliphatic carboxylic acids is 1. The van der Waals surface area contributed by atoms with Crippen LogP contribution in [0.5, 0.6) is 5.75 Å². The van der Waals surface area contributed by atoms with Crippen LogP contribution in [0.1, 0.15) is 15.9 Å². The van der Waals surface area contributed by atoms with Gasteiger partial charge in [-0.1, -0.05) is 36.1 Å². The lowest BCUT2D eigenvalue weighted by Crippen LogP contribution is -2.33. The van der Waals surface area contributed by atoms with Crippen LogP contribution in [0.3, 0.4) is 0 Å². The van der Waals surface area contributed by atoms with E-state index in [2.05, 4.69) is 0 Å². The summed E-state index contributed by atoms with van der Waals surface area (Å²) in [5, 5.41) is 30.8. The molecule has 1 aliphatic heterocycles. The number of carboxylic acid groups (broad SMARTS) is 1. The summed E-state index contributed by atoms with van der Waals surface area (Å²) in [7, 11) is 0. The van der Waals surface area contributed by atoms with Gasteiger partial charge in [0.25, 0.3) is 17.3 Å². The van der Waals surface area contributed by atoms with Gasteiger partial charge in [0, 0.05) is 12.1 Å². The van der Waals surface area contributed by atoms with Crippen molar-refractivity contribution in [2.75, 3.05) is 6.54 Å². The summed E-state index contributed by atoms with van der Waals surface area (Å²) < 4.78 is 5.24. The van der Waals surface area contributed by atoms with E-state index in [4.69, 9.17) is 22.1 Å². The van der Waals surface area contributed by atoms with E-state index in [1.807, 2.05) is 0 Å². The summed E-state index contributed by atoms with van der Waals surface area (Å²) in [6.45, 7) is -0.549. The number of ether oxygens (including phenoxy) is 1. The number of nitro benzene ring substituents is 2. The number of nitrogens with zero attached hydrogens (tertiary/aromatic N) is 3. The van der Waals surface area contributed by atoms with Gasteiger partial charge in [-0.3, -0.25) is 34.7 Å². The van der Waals surface area contributed by atoms with Crippen molar-refractivity contribution in [2.45, 2.75) is 0 Å². The van der Waals surface area contributed by atoms with Gasteiger partial charge >= 0.3 is 11.9 Å². The van der Waals surface area contributed by atoms with Crippen molar-refractivity contribution in [1.82, 2.24) is 4.90 Å². The minimum absolute atomic E-state index is 0.0461. The van der Waals surface area contributed by atoms with Gasteiger partial charge in [0.1, 0.15) is 16.6 Å². The number of amides is 1. The summed E-state index contributed by atoms with van der Waals surface area (Å²) in [6.07, 6.45) is 1.48. The van der Waals surface area contributed by atoms with Gasteiger partial charge in [-0.2, -0.15) is 0 Å². The molecular formula is C19H11N3O9S2. The molecule has 1 heterocycles. The molecule has 0 saturated carbocycles. The Morgan fingerprint density at radius 1 is 1.09 bits per heavy atom. The number of hydrogen-bond donors (Lipinski definition) is 1. The Hall–Kier alpha value is -4.17. The molecule has 0 aliphatic carbocycles. The first kappa shape index (κ1) is 23.5. The number of carbonyl (C=O) groups excluding carboxylic acids is 2. The van der Waals surface area contributed by atoms with Crippen molar-refractivity contribution in [2.24, 2.45) is 0 Å². The van der Waals surface area contributed by atoms with Gasteiger partial charge in [-0.25, -0.2) is 4.79 Å². The molecule has 33 heavy (non-hydrogen) atoms. The van der Waals surface area contributed by atoms with E-state index >= 15 is 0 Å². The summed E-state index contributed by atoms with van der Waals surface area (Å²) in [4.78, 5) is 56.9. The molecule has 0 bridgehead atoms. The monoisotopic (exact) mass is 489 g/mol. The normalized spacial score (nSPS) is 14.4. The molecule has 0 radical (unpaired) electrons. The molecule has 0 spiro atoms. The first-order valence-electron chi connectivity index (χ1n) is 8.78. The molecule has 1 N–H and O–H groups in total. The largest absolute Gasteiger partial charge is 0.480 e. The summed E-state index contributed by atoms with van der Waals surface area (Å²) >= 11 is 5.96. The molecule has 12 nitrogen and oxygen atoms in total. The number of benzene rings is 2. The van der Waals surface area contributed by atoms with Crippen LogP contribution in [0.25, 0.3) is 6.08 Å². The molecule has 0 unspecified atom stereocenters. The van der Waals surface area contributed by atoms with E-state index in [9.17, 15) is 34.6 Å². The number of hydrogen-bond acceptors (Lipinski definition) is 10. The van der Waals surface area contributed by atoms with E-state index in [1.54, 1.807) is 0 Å². The molecule has 0 aromatic heterocycles. The van der Waals surface area contributed by atoms with E-state index in [1.165, 1.54) is 30.3 Å². The summed E-state index contributed by atoms with van der Waals surface area (Å²) in [6, 6.07) is 8.22. The highest BCUT2D eigenvalue weighted by molar-refractivity contribution is 8.26. The number of carboxylic acids is 1. The van der Waals surface area contributed by atoms with Gasteiger partial charge in [0.2, 0.25) is 0 Å². The fourth-order valence-corrected chi connectivity index (χ4v) is 3.90. The molecule has 1 saturated heterocycles. The maximum atomic E-state index is 12.3. The molecule has 1 fully saturated rings. The fourth-order valence-electron chi connectivity index (χ4n) is 2.64. The number of carbonyl (C=O) groups is 3. The number of nitro groups is 2.